The van der Waals surface area contributed by atoms with Crippen molar-refractivity contribution in [1.29, 1.82) is 0 Å². The van der Waals surface area contributed by atoms with Crippen LogP contribution < -0.4 is 10.6 Å². The van der Waals surface area contributed by atoms with Crippen molar-refractivity contribution in [3.05, 3.63) is 46.2 Å². The van der Waals surface area contributed by atoms with E-state index in [0.717, 1.165) is 31.6 Å². The number of nitrogen functional groups attached to an aromatic ring is 1. The lowest BCUT2D eigenvalue weighted by Crippen LogP contribution is -2.23. The molecule has 2 nitrogen and oxygen atoms in total. The predicted molar refractivity (Wildman–Crippen MR) is 74.8 cm³/mol. The van der Waals surface area contributed by atoms with Gasteiger partial charge in [-0.05, 0) is 46.9 Å². The summed E-state index contributed by atoms with van der Waals surface area (Å²) in [6.07, 6.45) is 2.24. The van der Waals surface area contributed by atoms with Crippen LogP contribution in [0.4, 0.5) is 11.4 Å². The van der Waals surface area contributed by atoms with Crippen LogP contribution in [0.15, 0.2) is 35.0 Å². The molecule has 0 amide bonds. The van der Waals surface area contributed by atoms with Crippen molar-refractivity contribution >= 4 is 22.7 Å². The largest absolute Gasteiger partial charge is 0.397 e. The standard InChI is InChI=1S/C14H16N2S/c15-13-3-1-2-12-5-8-16(14(12)13)7-4-11-6-9-17-10-11/h1-3,6,9-10H,4-5,7-8,15H2. The molecule has 1 aliphatic heterocycles. The quantitative estimate of drug-likeness (QED) is 0.841. The molecule has 0 unspecified atom stereocenters. The molecule has 0 saturated carbocycles. The zero-order valence-corrected chi connectivity index (χ0v) is 10.5. The van der Waals surface area contributed by atoms with E-state index in [2.05, 4.69) is 33.9 Å². The minimum absolute atomic E-state index is 0.922. The topological polar surface area (TPSA) is 29.3 Å². The lowest BCUT2D eigenvalue weighted by molar-refractivity contribution is 0.815. The summed E-state index contributed by atoms with van der Waals surface area (Å²) in [5.41, 5.74) is 11.1. The summed E-state index contributed by atoms with van der Waals surface area (Å²) < 4.78 is 0. The average molecular weight is 244 g/mol. The van der Waals surface area contributed by atoms with Crippen molar-refractivity contribution in [3.63, 3.8) is 0 Å². The van der Waals surface area contributed by atoms with Gasteiger partial charge in [0.25, 0.3) is 0 Å². The highest BCUT2D eigenvalue weighted by Gasteiger charge is 2.20. The smallest absolute Gasteiger partial charge is 0.0633 e. The molecule has 3 heteroatoms. The number of fused-ring (bicyclic) bond motifs is 1. The molecule has 0 atom stereocenters. The maximum Gasteiger partial charge on any atom is 0.0633 e. The highest BCUT2D eigenvalue weighted by atomic mass is 32.1. The van der Waals surface area contributed by atoms with Crippen molar-refractivity contribution in [1.82, 2.24) is 0 Å². The van der Waals surface area contributed by atoms with Gasteiger partial charge in [0.2, 0.25) is 0 Å². The summed E-state index contributed by atoms with van der Waals surface area (Å²) in [6.45, 7) is 2.17. The molecular formula is C14H16N2S. The van der Waals surface area contributed by atoms with Gasteiger partial charge in [-0.2, -0.15) is 11.3 Å². The Morgan fingerprint density at radius 3 is 3.06 bits per heavy atom. The summed E-state index contributed by atoms with van der Waals surface area (Å²) in [5, 5.41) is 4.37. The van der Waals surface area contributed by atoms with E-state index >= 15 is 0 Å². The number of nitrogens with zero attached hydrogens (tertiary/aromatic N) is 1. The Labute approximate surface area is 106 Å². The number of anilines is 2. The summed E-state index contributed by atoms with van der Waals surface area (Å²) >= 11 is 1.77. The fourth-order valence-electron chi connectivity index (χ4n) is 2.49. The van der Waals surface area contributed by atoms with Gasteiger partial charge in [0.15, 0.2) is 0 Å². The second kappa shape index (κ2) is 4.41. The fourth-order valence-corrected chi connectivity index (χ4v) is 3.19. The molecule has 0 radical (unpaired) electrons. The van der Waals surface area contributed by atoms with Crippen molar-refractivity contribution < 1.29 is 0 Å². The molecule has 1 aliphatic rings. The maximum atomic E-state index is 6.07. The number of para-hydroxylation sites is 1. The molecule has 2 aromatic rings. The summed E-state index contributed by atoms with van der Waals surface area (Å²) in [6, 6.07) is 8.45. The molecule has 0 fully saturated rings. The zero-order chi connectivity index (χ0) is 11.7. The van der Waals surface area contributed by atoms with E-state index in [1.807, 2.05) is 6.07 Å². The van der Waals surface area contributed by atoms with Crippen molar-refractivity contribution in [2.24, 2.45) is 0 Å². The third kappa shape index (κ3) is 2.03. The number of hydrogen-bond acceptors (Lipinski definition) is 3. The molecule has 0 spiro atoms. The van der Waals surface area contributed by atoms with Crippen LogP contribution in [0.25, 0.3) is 0 Å². The van der Waals surface area contributed by atoms with Gasteiger partial charge in [-0.25, -0.2) is 0 Å². The Bertz CT molecular complexity index is 505. The molecule has 0 aliphatic carbocycles. The lowest BCUT2D eigenvalue weighted by atomic mass is 10.1. The number of rotatable bonds is 3. The lowest BCUT2D eigenvalue weighted by Gasteiger charge is -2.20. The highest BCUT2D eigenvalue weighted by Crippen LogP contribution is 2.33. The molecule has 0 saturated heterocycles. The Morgan fingerprint density at radius 1 is 1.29 bits per heavy atom. The van der Waals surface area contributed by atoms with Gasteiger partial charge >= 0.3 is 0 Å². The summed E-state index contributed by atoms with van der Waals surface area (Å²) in [4.78, 5) is 2.42. The van der Waals surface area contributed by atoms with Crippen LogP contribution in [-0.2, 0) is 12.8 Å². The first-order valence-electron chi connectivity index (χ1n) is 5.98. The predicted octanol–water partition coefficient (Wildman–Crippen LogP) is 2.94. The third-order valence-corrected chi connectivity index (χ3v) is 4.10. The molecular weight excluding hydrogens is 228 g/mol. The van der Waals surface area contributed by atoms with Gasteiger partial charge in [-0.15, -0.1) is 0 Å². The summed E-state index contributed by atoms with van der Waals surface area (Å²) in [7, 11) is 0. The van der Waals surface area contributed by atoms with E-state index < -0.39 is 0 Å². The van der Waals surface area contributed by atoms with Crippen LogP contribution in [0.3, 0.4) is 0 Å². The van der Waals surface area contributed by atoms with Crippen LogP contribution in [0.5, 0.6) is 0 Å². The van der Waals surface area contributed by atoms with Gasteiger partial charge in [0.05, 0.1) is 11.4 Å². The number of nitrogens with two attached hydrogens (primary N) is 1. The van der Waals surface area contributed by atoms with Gasteiger partial charge < -0.3 is 10.6 Å². The van der Waals surface area contributed by atoms with Crippen LogP contribution in [0, 0.1) is 0 Å². The first-order chi connectivity index (χ1) is 8.34. The van der Waals surface area contributed by atoms with E-state index in [1.165, 1.54) is 16.8 Å². The van der Waals surface area contributed by atoms with E-state index in [1.54, 1.807) is 11.3 Å². The Kier molecular flexibility index (Phi) is 2.77. The molecule has 1 aromatic heterocycles. The first kappa shape index (κ1) is 10.7. The van der Waals surface area contributed by atoms with Crippen molar-refractivity contribution in [3.8, 4) is 0 Å². The normalized spacial score (nSPS) is 14.0. The Morgan fingerprint density at radius 2 is 2.24 bits per heavy atom. The minimum atomic E-state index is 0.922. The number of thiophene rings is 1. The Balaban J connectivity index is 1.75. The van der Waals surface area contributed by atoms with E-state index in [4.69, 9.17) is 5.73 Å². The molecule has 17 heavy (non-hydrogen) atoms. The monoisotopic (exact) mass is 244 g/mol. The molecule has 88 valence electrons. The van der Waals surface area contributed by atoms with Crippen LogP contribution in [0.1, 0.15) is 11.1 Å². The summed E-state index contributed by atoms with van der Waals surface area (Å²) in [5.74, 6) is 0. The van der Waals surface area contributed by atoms with Gasteiger partial charge in [0, 0.05) is 13.1 Å². The molecule has 2 N–H and O–H groups in total. The molecule has 1 aromatic carbocycles. The maximum absolute atomic E-state index is 6.07. The van der Waals surface area contributed by atoms with Crippen molar-refractivity contribution in [2.45, 2.75) is 12.8 Å². The Hall–Kier alpha value is -1.48. The second-order valence-corrected chi connectivity index (χ2v) is 5.25. The third-order valence-electron chi connectivity index (χ3n) is 3.37. The van der Waals surface area contributed by atoms with E-state index in [9.17, 15) is 0 Å². The molecule has 3 rings (SSSR count). The van der Waals surface area contributed by atoms with Gasteiger partial charge in [-0.1, -0.05) is 12.1 Å². The average Bonchev–Trinajstić information content (AvgIpc) is 2.95. The molecule has 2 heterocycles. The van der Waals surface area contributed by atoms with Crippen LogP contribution in [-0.4, -0.2) is 13.1 Å². The highest BCUT2D eigenvalue weighted by molar-refractivity contribution is 7.07. The molecule has 0 bridgehead atoms. The second-order valence-electron chi connectivity index (χ2n) is 4.47. The number of benzene rings is 1. The van der Waals surface area contributed by atoms with Crippen molar-refractivity contribution in [2.75, 3.05) is 23.7 Å². The SMILES string of the molecule is Nc1cccc2c1N(CCc1ccsc1)CC2. The van der Waals surface area contributed by atoms with Gasteiger partial charge in [0.1, 0.15) is 0 Å². The number of hydrogen-bond donors (Lipinski definition) is 1. The van der Waals surface area contributed by atoms with E-state index in [-0.39, 0.29) is 0 Å². The van der Waals surface area contributed by atoms with E-state index in [0.29, 0.717) is 0 Å². The van der Waals surface area contributed by atoms with Gasteiger partial charge in [-0.3, -0.25) is 0 Å². The fraction of sp³-hybridized carbons (Fsp3) is 0.286. The zero-order valence-electron chi connectivity index (χ0n) is 9.73. The minimum Gasteiger partial charge on any atom is -0.397 e. The first-order valence-corrected chi connectivity index (χ1v) is 6.92. The van der Waals surface area contributed by atoms with Crippen LogP contribution in [0.2, 0.25) is 0 Å². The van der Waals surface area contributed by atoms with Crippen LogP contribution >= 0.6 is 11.3 Å².